The van der Waals surface area contributed by atoms with E-state index >= 15 is 0 Å². The number of carbonyl (C=O) groups excluding carboxylic acids is 1. The number of amides is 1. The first-order valence-corrected chi connectivity index (χ1v) is 11.4. The highest BCUT2D eigenvalue weighted by atomic mass is 79.9. The van der Waals surface area contributed by atoms with Gasteiger partial charge in [-0.3, -0.25) is 4.79 Å². The zero-order valence-corrected chi connectivity index (χ0v) is 19.5. The first-order valence-electron chi connectivity index (χ1n) is 9.78. The molecule has 1 N–H and O–H groups in total. The van der Waals surface area contributed by atoms with Crippen LogP contribution in [0.4, 0.5) is 5.69 Å². The van der Waals surface area contributed by atoms with Gasteiger partial charge in [0.2, 0.25) is 0 Å². The number of benzene rings is 2. The topological polar surface area (TPSA) is 46.4 Å². The molecule has 0 bridgehead atoms. The van der Waals surface area contributed by atoms with Gasteiger partial charge in [0, 0.05) is 21.5 Å². The van der Waals surface area contributed by atoms with E-state index in [0.717, 1.165) is 33.5 Å². The molecule has 0 unspecified atom stereocenters. The van der Waals surface area contributed by atoms with Crippen molar-refractivity contribution in [3.05, 3.63) is 86.5 Å². The lowest BCUT2D eigenvalue weighted by Crippen LogP contribution is -2.19. The monoisotopic (exact) mass is 479 g/mol. The van der Waals surface area contributed by atoms with Gasteiger partial charge in [-0.25, -0.2) is 4.99 Å². The van der Waals surface area contributed by atoms with Crippen LogP contribution >= 0.6 is 27.7 Å². The summed E-state index contributed by atoms with van der Waals surface area (Å²) in [5.41, 5.74) is 6.61. The van der Waals surface area contributed by atoms with Crippen molar-refractivity contribution in [1.29, 1.82) is 0 Å². The lowest BCUT2D eigenvalue weighted by molar-refractivity contribution is -0.115. The van der Waals surface area contributed by atoms with E-state index < -0.39 is 0 Å². The van der Waals surface area contributed by atoms with Crippen LogP contribution in [0.2, 0.25) is 0 Å². The molecule has 6 heteroatoms. The van der Waals surface area contributed by atoms with Crippen molar-refractivity contribution in [2.75, 3.05) is 0 Å². The average molecular weight is 480 g/mol. The van der Waals surface area contributed by atoms with Crippen molar-refractivity contribution in [2.24, 2.45) is 4.99 Å². The SMILES string of the molecule is CCc1ccccc1-n1c(C)cc(/C=C2\SC(=Nc3ccc(Br)cc3)NC2=O)c1C. The number of para-hydroxylation sites is 1. The molecule has 2 heterocycles. The Hall–Kier alpha value is -2.57. The Morgan fingerprint density at radius 1 is 1.13 bits per heavy atom. The summed E-state index contributed by atoms with van der Waals surface area (Å²) < 4.78 is 3.26. The van der Waals surface area contributed by atoms with Gasteiger partial charge < -0.3 is 9.88 Å². The van der Waals surface area contributed by atoms with Gasteiger partial charge in [-0.1, -0.05) is 41.1 Å². The highest BCUT2D eigenvalue weighted by Crippen LogP contribution is 2.31. The maximum absolute atomic E-state index is 12.5. The highest BCUT2D eigenvalue weighted by molar-refractivity contribution is 9.10. The van der Waals surface area contributed by atoms with E-state index in [4.69, 9.17) is 0 Å². The molecule has 30 heavy (non-hydrogen) atoms. The third-order valence-electron chi connectivity index (χ3n) is 5.08. The molecule has 1 aliphatic rings. The molecule has 0 aliphatic carbocycles. The Balaban J connectivity index is 1.66. The van der Waals surface area contributed by atoms with Crippen LogP contribution in [0.5, 0.6) is 0 Å². The Morgan fingerprint density at radius 3 is 2.60 bits per heavy atom. The van der Waals surface area contributed by atoms with Gasteiger partial charge in [0.05, 0.1) is 10.6 Å². The molecule has 152 valence electrons. The van der Waals surface area contributed by atoms with E-state index in [0.29, 0.717) is 10.1 Å². The van der Waals surface area contributed by atoms with Crippen LogP contribution in [-0.4, -0.2) is 15.6 Å². The van der Waals surface area contributed by atoms with E-state index in [1.165, 1.54) is 23.0 Å². The largest absolute Gasteiger partial charge is 0.318 e. The second kappa shape index (κ2) is 8.66. The van der Waals surface area contributed by atoms with Crippen LogP contribution in [0.1, 0.15) is 29.4 Å². The minimum atomic E-state index is -0.116. The number of amidine groups is 1. The van der Waals surface area contributed by atoms with Crippen molar-refractivity contribution >= 4 is 50.5 Å². The van der Waals surface area contributed by atoms with Crippen molar-refractivity contribution < 1.29 is 4.79 Å². The first kappa shape index (κ1) is 20.7. The molecule has 1 amide bonds. The number of nitrogens with zero attached hydrogens (tertiary/aromatic N) is 2. The second-order valence-corrected chi connectivity index (χ2v) is 9.05. The number of nitrogens with one attached hydrogen (secondary N) is 1. The van der Waals surface area contributed by atoms with E-state index in [2.05, 4.69) is 81.9 Å². The fraction of sp³-hybridized carbons (Fsp3) is 0.167. The lowest BCUT2D eigenvalue weighted by atomic mass is 10.1. The van der Waals surface area contributed by atoms with E-state index in [-0.39, 0.29) is 5.91 Å². The second-order valence-electron chi connectivity index (χ2n) is 7.10. The first-order chi connectivity index (χ1) is 14.5. The molecule has 0 radical (unpaired) electrons. The van der Waals surface area contributed by atoms with Gasteiger partial charge in [0.25, 0.3) is 5.91 Å². The van der Waals surface area contributed by atoms with Gasteiger partial charge in [-0.15, -0.1) is 0 Å². The smallest absolute Gasteiger partial charge is 0.264 e. The number of hydrogen-bond acceptors (Lipinski definition) is 3. The van der Waals surface area contributed by atoms with Crippen LogP contribution in [0.3, 0.4) is 0 Å². The summed E-state index contributed by atoms with van der Waals surface area (Å²) in [4.78, 5) is 17.7. The number of thioether (sulfide) groups is 1. The zero-order valence-electron chi connectivity index (χ0n) is 17.1. The normalized spacial score (nSPS) is 16.5. The molecule has 3 aromatic rings. The van der Waals surface area contributed by atoms with Crippen LogP contribution in [0.25, 0.3) is 11.8 Å². The Morgan fingerprint density at radius 2 is 1.87 bits per heavy atom. The number of aryl methyl sites for hydroxylation is 2. The number of aliphatic imine (C=N–C) groups is 1. The third-order valence-corrected chi connectivity index (χ3v) is 6.52. The Labute approximate surface area is 189 Å². The lowest BCUT2D eigenvalue weighted by Gasteiger charge is -2.13. The fourth-order valence-corrected chi connectivity index (χ4v) is 4.68. The average Bonchev–Trinajstić information content (AvgIpc) is 3.22. The van der Waals surface area contributed by atoms with Gasteiger partial charge in [-0.2, -0.15) is 0 Å². The zero-order chi connectivity index (χ0) is 21.3. The molecule has 1 fully saturated rings. The summed E-state index contributed by atoms with van der Waals surface area (Å²) in [5.74, 6) is -0.116. The summed E-state index contributed by atoms with van der Waals surface area (Å²) in [7, 11) is 0. The summed E-state index contributed by atoms with van der Waals surface area (Å²) in [5, 5.41) is 3.46. The minimum Gasteiger partial charge on any atom is -0.318 e. The molecule has 4 rings (SSSR count). The number of halogens is 1. The van der Waals surface area contributed by atoms with Gasteiger partial charge in [-0.05, 0) is 85.6 Å². The van der Waals surface area contributed by atoms with Crippen molar-refractivity contribution in [2.45, 2.75) is 27.2 Å². The highest BCUT2D eigenvalue weighted by Gasteiger charge is 2.24. The molecular formula is C24H22BrN3OS. The van der Waals surface area contributed by atoms with Crippen molar-refractivity contribution in [3.63, 3.8) is 0 Å². The quantitative estimate of drug-likeness (QED) is 0.445. The van der Waals surface area contributed by atoms with E-state index in [1.54, 1.807) is 0 Å². The van der Waals surface area contributed by atoms with Crippen LogP contribution in [-0.2, 0) is 11.2 Å². The predicted molar refractivity (Wildman–Crippen MR) is 130 cm³/mol. The molecule has 0 atom stereocenters. The molecule has 1 aromatic heterocycles. The van der Waals surface area contributed by atoms with Crippen LogP contribution in [0.15, 0.2) is 69.0 Å². The van der Waals surface area contributed by atoms with E-state index in [1.807, 2.05) is 30.3 Å². The van der Waals surface area contributed by atoms with Gasteiger partial charge >= 0.3 is 0 Å². The van der Waals surface area contributed by atoms with Crippen LogP contribution < -0.4 is 5.32 Å². The number of carbonyl (C=O) groups is 1. The standard InChI is InChI=1S/C24H22BrN3OS/c1-4-17-7-5-6-8-21(17)28-15(2)13-18(16(28)3)14-22-23(29)27-24(30-22)26-20-11-9-19(25)10-12-20/h5-14H,4H2,1-3H3,(H,26,27,29)/b22-14-. The van der Waals surface area contributed by atoms with Crippen molar-refractivity contribution in [3.8, 4) is 5.69 Å². The van der Waals surface area contributed by atoms with Gasteiger partial charge in [0.15, 0.2) is 5.17 Å². The van der Waals surface area contributed by atoms with E-state index in [9.17, 15) is 4.79 Å². The Kier molecular flexibility index (Phi) is 5.97. The molecule has 2 aromatic carbocycles. The number of rotatable bonds is 4. The maximum atomic E-state index is 12.5. The fourth-order valence-electron chi connectivity index (χ4n) is 3.59. The summed E-state index contributed by atoms with van der Waals surface area (Å²) >= 11 is 4.79. The Bertz CT molecular complexity index is 1180. The molecule has 0 saturated carbocycles. The third kappa shape index (κ3) is 4.16. The number of aromatic nitrogens is 1. The predicted octanol–water partition coefficient (Wildman–Crippen LogP) is 6.31. The summed E-state index contributed by atoms with van der Waals surface area (Å²) in [6.45, 7) is 6.37. The molecule has 0 spiro atoms. The molecular weight excluding hydrogens is 458 g/mol. The molecule has 4 nitrogen and oxygen atoms in total. The summed E-state index contributed by atoms with van der Waals surface area (Å²) in [6, 6.07) is 18.3. The van der Waals surface area contributed by atoms with Gasteiger partial charge in [0.1, 0.15) is 0 Å². The number of hydrogen-bond donors (Lipinski definition) is 1. The molecule has 1 saturated heterocycles. The minimum absolute atomic E-state index is 0.116. The van der Waals surface area contributed by atoms with Crippen molar-refractivity contribution in [1.82, 2.24) is 9.88 Å². The van der Waals surface area contributed by atoms with Crippen LogP contribution in [0, 0.1) is 13.8 Å². The molecule has 1 aliphatic heterocycles. The maximum Gasteiger partial charge on any atom is 0.264 e. The summed E-state index contributed by atoms with van der Waals surface area (Å²) in [6.07, 6.45) is 2.93.